The van der Waals surface area contributed by atoms with E-state index < -0.39 is 0 Å². The zero-order valence-electron chi connectivity index (χ0n) is 20.3. The molecule has 0 aliphatic rings. The minimum absolute atomic E-state index is 0.829. The molecular formula is C25H33N7. The van der Waals surface area contributed by atoms with Gasteiger partial charge in [-0.1, -0.05) is 6.07 Å². The highest BCUT2D eigenvalue weighted by atomic mass is 14.9. The van der Waals surface area contributed by atoms with Crippen molar-refractivity contribution < 1.29 is 0 Å². The van der Waals surface area contributed by atoms with Crippen LogP contribution in [0.25, 0.3) is 0 Å². The number of aryl methyl sites for hydroxylation is 8. The first kappa shape index (κ1) is 26.4. The molecular weight excluding hydrogens is 398 g/mol. The summed E-state index contributed by atoms with van der Waals surface area (Å²) in [5.74, 6) is 1.67. The Hall–Kier alpha value is -3.61. The lowest BCUT2D eigenvalue weighted by molar-refractivity contribution is 1.01. The lowest BCUT2D eigenvalue weighted by atomic mass is 10.3. The summed E-state index contributed by atoms with van der Waals surface area (Å²) in [6, 6.07) is 7.89. The monoisotopic (exact) mass is 431 g/mol. The summed E-state index contributed by atoms with van der Waals surface area (Å²) >= 11 is 0. The molecule has 32 heavy (non-hydrogen) atoms. The molecule has 0 saturated carbocycles. The predicted octanol–water partition coefficient (Wildman–Crippen LogP) is 4.98. The highest BCUT2D eigenvalue weighted by Crippen LogP contribution is 1.95. The van der Waals surface area contributed by atoms with Gasteiger partial charge in [-0.3, -0.25) is 4.98 Å². The van der Waals surface area contributed by atoms with Crippen LogP contribution in [0.2, 0.25) is 0 Å². The maximum Gasteiger partial charge on any atom is 0.125 e. The molecule has 7 nitrogen and oxygen atoms in total. The molecule has 168 valence electrons. The summed E-state index contributed by atoms with van der Waals surface area (Å²) in [7, 11) is 0. The van der Waals surface area contributed by atoms with E-state index in [2.05, 4.69) is 41.0 Å². The van der Waals surface area contributed by atoms with Gasteiger partial charge in [0.2, 0.25) is 0 Å². The summed E-state index contributed by atoms with van der Waals surface area (Å²) < 4.78 is 0. The maximum absolute atomic E-state index is 4.08. The van der Waals surface area contributed by atoms with Crippen LogP contribution >= 0.6 is 0 Å². The molecule has 0 amide bonds. The van der Waals surface area contributed by atoms with Crippen molar-refractivity contribution >= 4 is 0 Å². The average molecular weight is 432 g/mol. The number of aromatic nitrogens is 7. The highest BCUT2D eigenvalue weighted by molar-refractivity contribution is 5.10. The van der Waals surface area contributed by atoms with Gasteiger partial charge in [-0.2, -0.15) is 0 Å². The Morgan fingerprint density at radius 1 is 0.469 bits per heavy atom. The van der Waals surface area contributed by atoms with Gasteiger partial charge in [0.15, 0.2) is 0 Å². The predicted molar refractivity (Wildman–Crippen MR) is 128 cm³/mol. The van der Waals surface area contributed by atoms with Crippen LogP contribution in [0.15, 0.2) is 55.4 Å². The number of hydrogen-bond donors (Lipinski definition) is 0. The molecule has 4 aromatic heterocycles. The van der Waals surface area contributed by atoms with Gasteiger partial charge < -0.3 is 0 Å². The van der Waals surface area contributed by atoms with Crippen molar-refractivity contribution in [2.24, 2.45) is 0 Å². The third-order valence-electron chi connectivity index (χ3n) is 3.83. The SMILES string of the molecule is Cc1cc(C)ncn1.Cc1ccc(C)nc1.Cc1ccnc(C)n1.Cc1cnc(C)nc1. The van der Waals surface area contributed by atoms with E-state index in [9.17, 15) is 0 Å². The van der Waals surface area contributed by atoms with Crippen LogP contribution in [-0.4, -0.2) is 34.9 Å². The van der Waals surface area contributed by atoms with E-state index >= 15 is 0 Å². The largest absolute Gasteiger partial charge is 0.261 e. The van der Waals surface area contributed by atoms with Crippen LogP contribution in [0, 0.1) is 55.4 Å². The van der Waals surface area contributed by atoms with E-state index in [0.717, 1.165) is 40.0 Å². The average Bonchev–Trinajstić information content (AvgIpc) is 2.73. The molecule has 0 spiro atoms. The summed E-state index contributed by atoms with van der Waals surface area (Å²) in [6.45, 7) is 15.6. The quantitative estimate of drug-likeness (QED) is 0.388. The van der Waals surface area contributed by atoms with Crippen molar-refractivity contribution in [3.63, 3.8) is 0 Å². The van der Waals surface area contributed by atoms with Gasteiger partial charge in [0.25, 0.3) is 0 Å². The molecule has 7 heteroatoms. The van der Waals surface area contributed by atoms with Crippen molar-refractivity contribution in [1.29, 1.82) is 0 Å². The van der Waals surface area contributed by atoms with E-state index in [1.807, 2.05) is 92.2 Å². The van der Waals surface area contributed by atoms with Gasteiger partial charge in [0, 0.05) is 47.6 Å². The van der Waals surface area contributed by atoms with Crippen LogP contribution in [0.1, 0.15) is 45.6 Å². The Labute approximate surface area is 191 Å². The van der Waals surface area contributed by atoms with Crippen LogP contribution in [0.4, 0.5) is 0 Å². The minimum atomic E-state index is 0.829. The Balaban J connectivity index is 0.000000213. The van der Waals surface area contributed by atoms with Crippen molar-refractivity contribution in [2.45, 2.75) is 55.4 Å². The van der Waals surface area contributed by atoms with E-state index in [0.29, 0.717) is 0 Å². The fraction of sp³-hybridized carbons (Fsp3) is 0.320. The fourth-order valence-corrected chi connectivity index (χ4v) is 2.16. The number of hydrogen-bond acceptors (Lipinski definition) is 7. The van der Waals surface area contributed by atoms with Crippen molar-refractivity contribution in [3.8, 4) is 0 Å². The Morgan fingerprint density at radius 2 is 1.06 bits per heavy atom. The molecule has 0 atom stereocenters. The van der Waals surface area contributed by atoms with Gasteiger partial charge in [-0.05, 0) is 84.7 Å². The first-order valence-corrected chi connectivity index (χ1v) is 10.3. The van der Waals surface area contributed by atoms with Crippen LogP contribution in [0.5, 0.6) is 0 Å². The molecule has 0 radical (unpaired) electrons. The van der Waals surface area contributed by atoms with Gasteiger partial charge in [-0.15, -0.1) is 0 Å². The second kappa shape index (κ2) is 14.4. The molecule has 4 aromatic rings. The highest BCUT2D eigenvalue weighted by Gasteiger charge is 1.85. The third kappa shape index (κ3) is 12.8. The van der Waals surface area contributed by atoms with Crippen molar-refractivity contribution in [1.82, 2.24) is 34.9 Å². The summed E-state index contributed by atoms with van der Waals surface area (Å²) in [6.07, 6.45) is 8.82. The van der Waals surface area contributed by atoms with Crippen molar-refractivity contribution in [2.75, 3.05) is 0 Å². The van der Waals surface area contributed by atoms with Gasteiger partial charge in [-0.25, -0.2) is 29.9 Å². The zero-order chi connectivity index (χ0) is 23.9. The second-order valence-corrected chi connectivity index (χ2v) is 7.33. The Morgan fingerprint density at radius 3 is 1.41 bits per heavy atom. The molecule has 0 aliphatic carbocycles. The lowest BCUT2D eigenvalue weighted by Gasteiger charge is -1.89. The van der Waals surface area contributed by atoms with E-state index in [1.165, 1.54) is 5.56 Å². The van der Waals surface area contributed by atoms with Gasteiger partial charge in [0.05, 0.1) is 0 Å². The minimum Gasteiger partial charge on any atom is -0.261 e. The molecule has 0 aromatic carbocycles. The topological polar surface area (TPSA) is 90.2 Å². The standard InChI is InChI=1S/C7H9N.3C6H8N2/c1-6-3-4-7(2)8-5-6;1-5-3-6(2)8-4-7-5;1-5-3-7-6(2)8-4-5;1-5-3-4-7-6(2)8-5/h3-5H,1-2H3;3*3-4H,1-2H3. The molecule has 0 aliphatic heterocycles. The Kier molecular flexibility index (Phi) is 11.9. The number of pyridine rings is 1. The summed E-state index contributed by atoms with van der Waals surface area (Å²) in [4.78, 5) is 27.9. The number of rotatable bonds is 0. The molecule has 0 unspecified atom stereocenters. The maximum atomic E-state index is 4.08. The summed E-state index contributed by atoms with van der Waals surface area (Å²) in [5, 5.41) is 0. The molecule has 0 fully saturated rings. The third-order valence-corrected chi connectivity index (χ3v) is 3.83. The van der Waals surface area contributed by atoms with Crippen LogP contribution in [-0.2, 0) is 0 Å². The fourth-order valence-electron chi connectivity index (χ4n) is 2.16. The van der Waals surface area contributed by atoms with Crippen LogP contribution < -0.4 is 0 Å². The van der Waals surface area contributed by atoms with Gasteiger partial charge in [0.1, 0.15) is 18.0 Å². The normalized spacial score (nSPS) is 9.25. The smallest absolute Gasteiger partial charge is 0.125 e. The Bertz CT molecular complexity index is 883. The van der Waals surface area contributed by atoms with Gasteiger partial charge >= 0.3 is 0 Å². The van der Waals surface area contributed by atoms with Crippen molar-refractivity contribution in [3.05, 3.63) is 101 Å². The summed E-state index contributed by atoms with van der Waals surface area (Å²) in [5.41, 5.74) is 6.48. The molecule has 0 N–H and O–H groups in total. The molecule has 4 rings (SSSR count). The number of nitrogens with zero attached hydrogens (tertiary/aromatic N) is 7. The second-order valence-electron chi connectivity index (χ2n) is 7.33. The van der Waals surface area contributed by atoms with E-state index in [4.69, 9.17) is 0 Å². The molecule has 0 bridgehead atoms. The first-order chi connectivity index (χ1) is 15.2. The molecule has 0 saturated heterocycles. The van der Waals surface area contributed by atoms with E-state index in [-0.39, 0.29) is 0 Å². The van der Waals surface area contributed by atoms with E-state index in [1.54, 1.807) is 12.5 Å². The van der Waals surface area contributed by atoms with Crippen LogP contribution in [0.3, 0.4) is 0 Å². The zero-order valence-corrected chi connectivity index (χ0v) is 20.3. The molecule has 4 heterocycles. The lowest BCUT2D eigenvalue weighted by Crippen LogP contribution is -1.86. The first-order valence-electron chi connectivity index (χ1n) is 10.3.